The average Bonchev–Trinajstić information content (AvgIpc) is 2.36. The molecule has 130 valence electrons. The molecule has 23 heavy (non-hydrogen) atoms. The summed E-state index contributed by atoms with van der Waals surface area (Å²) in [5, 5.41) is 2.65. The van der Waals surface area contributed by atoms with Crippen LogP contribution >= 0.6 is 0 Å². The summed E-state index contributed by atoms with van der Waals surface area (Å²) in [4.78, 5) is 3.93. The van der Waals surface area contributed by atoms with Crippen LogP contribution in [-0.2, 0) is 9.84 Å². The molecule has 0 atom stereocenters. The van der Waals surface area contributed by atoms with Gasteiger partial charge in [-0.15, -0.1) is 13.2 Å². The van der Waals surface area contributed by atoms with Gasteiger partial charge in [-0.2, -0.15) is 0 Å². The molecule has 0 bridgehead atoms. The first-order valence-corrected chi connectivity index (χ1v) is 8.32. The van der Waals surface area contributed by atoms with E-state index in [0.717, 1.165) is 18.4 Å². The number of nitrogens with two attached hydrogens (primary N) is 1. The molecule has 0 aliphatic rings. The zero-order valence-corrected chi connectivity index (χ0v) is 13.6. The number of anilines is 1. The summed E-state index contributed by atoms with van der Waals surface area (Å²) in [5.74, 6) is -0.414. The molecule has 0 aliphatic heterocycles. The van der Waals surface area contributed by atoms with Crippen LogP contribution in [0.3, 0.4) is 0 Å². The molecule has 0 saturated heterocycles. The minimum absolute atomic E-state index is 0.0498. The minimum Gasteiger partial charge on any atom is -0.406 e. The highest BCUT2D eigenvalue weighted by Crippen LogP contribution is 2.23. The van der Waals surface area contributed by atoms with E-state index < -0.39 is 20.9 Å². The lowest BCUT2D eigenvalue weighted by Crippen LogP contribution is -2.36. The first-order chi connectivity index (χ1) is 10.3. The number of sulfone groups is 1. The van der Waals surface area contributed by atoms with Gasteiger partial charge in [0.2, 0.25) is 0 Å². The summed E-state index contributed by atoms with van der Waals surface area (Å²) in [7, 11) is -3.31. The number of hydrogen-bond acceptors (Lipinski definition) is 4. The van der Waals surface area contributed by atoms with Crippen LogP contribution in [0, 0.1) is 0 Å². The number of aliphatic imine (C=N–C) groups is 1. The minimum atomic E-state index is -4.76. The molecule has 0 radical (unpaired) electrons. The summed E-state index contributed by atoms with van der Waals surface area (Å²) in [5.41, 5.74) is 6.02. The molecular weight excluding hydrogens is 335 g/mol. The predicted octanol–water partition coefficient (Wildman–Crippen LogP) is 2.13. The molecule has 0 fully saturated rings. The maximum atomic E-state index is 12.0. The zero-order chi connectivity index (χ0) is 17.9. The van der Waals surface area contributed by atoms with Crippen LogP contribution in [0.1, 0.15) is 13.8 Å². The lowest BCUT2D eigenvalue weighted by Gasteiger charge is -2.20. The third-order valence-corrected chi connectivity index (χ3v) is 5.13. The molecule has 0 unspecified atom stereocenters. The van der Waals surface area contributed by atoms with Gasteiger partial charge >= 0.3 is 6.36 Å². The first kappa shape index (κ1) is 19.1. The van der Waals surface area contributed by atoms with Gasteiger partial charge in [0, 0.05) is 11.9 Å². The van der Waals surface area contributed by atoms with Crippen LogP contribution in [0.4, 0.5) is 18.9 Å². The number of halogens is 3. The Hall–Kier alpha value is -1.97. The topological polar surface area (TPSA) is 93.8 Å². The third kappa shape index (κ3) is 6.35. The Bertz CT molecular complexity index is 668. The van der Waals surface area contributed by atoms with Gasteiger partial charge in [0.15, 0.2) is 15.8 Å². The van der Waals surface area contributed by atoms with Crippen LogP contribution in [-0.4, -0.2) is 38.3 Å². The first-order valence-electron chi connectivity index (χ1n) is 6.42. The molecule has 1 aromatic carbocycles. The summed E-state index contributed by atoms with van der Waals surface area (Å²) in [6.45, 7) is 2.98. The van der Waals surface area contributed by atoms with E-state index in [0.29, 0.717) is 5.69 Å². The second kappa shape index (κ2) is 6.65. The maximum Gasteiger partial charge on any atom is 0.573 e. The Kier molecular flexibility index (Phi) is 5.51. The van der Waals surface area contributed by atoms with Crippen molar-refractivity contribution in [3.63, 3.8) is 0 Å². The van der Waals surface area contributed by atoms with Crippen molar-refractivity contribution in [1.82, 2.24) is 0 Å². The highest BCUT2D eigenvalue weighted by Gasteiger charge is 2.31. The van der Waals surface area contributed by atoms with E-state index in [-0.39, 0.29) is 18.3 Å². The van der Waals surface area contributed by atoms with E-state index in [1.54, 1.807) is 0 Å². The molecule has 6 nitrogen and oxygen atoms in total. The van der Waals surface area contributed by atoms with Gasteiger partial charge in [-0.25, -0.2) is 8.42 Å². The Morgan fingerprint density at radius 1 is 1.26 bits per heavy atom. The monoisotopic (exact) mass is 353 g/mol. The average molecular weight is 353 g/mol. The maximum absolute atomic E-state index is 12.0. The van der Waals surface area contributed by atoms with Crippen molar-refractivity contribution >= 4 is 21.5 Å². The Morgan fingerprint density at radius 3 is 2.22 bits per heavy atom. The van der Waals surface area contributed by atoms with Crippen molar-refractivity contribution in [3.8, 4) is 5.75 Å². The number of rotatable bonds is 5. The molecule has 0 aromatic heterocycles. The molecule has 1 rings (SSSR count). The second-order valence-electron chi connectivity index (χ2n) is 5.43. The quantitative estimate of drug-likeness (QED) is 0.625. The van der Waals surface area contributed by atoms with Crippen molar-refractivity contribution in [2.24, 2.45) is 10.7 Å². The smallest absolute Gasteiger partial charge is 0.406 e. The highest BCUT2D eigenvalue weighted by molar-refractivity contribution is 7.92. The molecule has 3 N–H and O–H groups in total. The van der Waals surface area contributed by atoms with Crippen LogP contribution in [0.15, 0.2) is 29.3 Å². The van der Waals surface area contributed by atoms with Gasteiger partial charge in [0.1, 0.15) is 5.75 Å². The van der Waals surface area contributed by atoms with Gasteiger partial charge in [-0.1, -0.05) is 0 Å². The molecule has 0 aliphatic carbocycles. The van der Waals surface area contributed by atoms with Gasteiger partial charge in [0.25, 0.3) is 0 Å². The normalized spacial score (nSPS) is 13.7. The van der Waals surface area contributed by atoms with E-state index in [1.165, 1.54) is 26.0 Å². The van der Waals surface area contributed by atoms with E-state index in [1.807, 2.05) is 0 Å². The second-order valence-corrected chi connectivity index (χ2v) is 8.08. The van der Waals surface area contributed by atoms with Gasteiger partial charge in [-0.3, -0.25) is 4.99 Å². The third-order valence-electron chi connectivity index (χ3n) is 2.99. The standard InChI is InChI=1S/C13H18F3N3O3S/c1-12(2,23(3,20)21)8-18-11(17)19-9-4-6-10(7-5-9)22-13(14,15)16/h4-7H,8H2,1-3H3,(H3,17,18,19). The fraction of sp³-hybridized carbons (Fsp3) is 0.462. The Balaban J connectivity index is 2.71. The number of benzene rings is 1. The zero-order valence-electron chi connectivity index (χ0n) is 12.8. The van der Waals surface area contributed by atoms with Gasteiger partial charge in [-0.05, 0) is 38.1 Å². The largest absolute Gasteiger partial charge is 0.573 e. The van der Waals surface area contributed by atoms with Crippen LogP contribution in [0.25, 0.3) is 0 Å². The van der Waals surface area contributed by atoms with E-state index in [9.17, 15) is 21.6 Å². The SMILES string of the molecule is CC(C)(CN=C(N)Nc1ccc(OC(F)(F)F)cc1)S(C)(=O)=O. The van der Waals surface area contributed by atoms with Crippen molar-refractivity contribution in [2.45, 2.75) is 25.0 Å². The van der Waals surface area contributed by atoms with E-state index in [4.69, 9.17) is 5.73 Å². The molecule has 0 saturated carbocycles. The van der Waals surface area contributed by atoms with E-state index in [2.05, 4.69) is 15.0 Å². The van der Waals surface area contributed by atoms with Crippen LogP contribution in [0.5, 0.6) is 5.75 Å². The molecule has 1 aromatic rings. The van der Waals surface area contributed by atoms with Crippen molar-refractivity contribution in [1.29, 1.82) is 0 Å². The summed E-state index contributed by atoms with van der Waals surface area (Å²) >= 11 is 0. The van der Waals surface area contributed by atoms with Crippen LogP contribution < -0.4 is 15.8 Å². The summed E-state index contributed by atoms with van der Waals surface area (Å²) < 4.78 is 61.8. The molecular formula is C13H18F3N3O3S. The highest BCUT2D eigenvalue weighted by atomic mass is 32.2. The summed E-state index contributed by atoms with van der Waals surface area (Å²) in [6.07, 6.45) is -3.65. The fourth-order valence-electron chi connectivity index (χ4n) is 1.32. The number of guanidine groups is 1. The molecule has 0 spiro atoms. The van der Waals surface area contributed by atoms with Crippen molar-refractivity contribution < 1.29 is 26.3 Å². The van der Waals surface area contributed by atoms with E-state index >= 15 is 0 Å². The van der Waals surface area contributed by atoms with Crippen molar-refractivity contribution in [3.05, 3.63) is 24.3 Å². The number of alkyl halides is 3. The number of nitrogens with zero attached hydrogens (tertiary/aromatic N) is 1. The van der Waals surface area contributed by atoms with Gasteiger partial charge < -0.3 is 15.8 Å². The Morgan fingerprint density at radius 2 is 1.78 bits per heavy atom. The van der Waals surface area contributed by atoms with Crippen molar-refractivity contribution in [2.75, 3.05) is 18.1 Å². The molecule has 0 amide bonds. The summed E-state index contributed by atoms with van der Waals surface area (Å²) in [6, 6.07) is 4.88. The fourth-order valence-corrected chi connectivity index (χ4v) is 1.62. The number of ether oxygens (including phenoxy) is 1. The van der Waals surface area contributed by atoms with Gasteiger partial charge in [0.05, 0.1) is 11.3 Å². The van der Waals surface area contributed by atoms with Crippen LogP contribution in [0.2, 0.25) is 0 Å². The molecule has 0 heterocycles. The number of nitrogens with one attached hydrogen (secondary N) is 1. The predicted molar refractivity (Wildman–Crippen MR) is 82.2 cm³/mol. The Labute approximate surface area is 132 Å². The lowest BCUT2D eigenvalue weighted by atomic mass is 10.2. The lowest BCUT2D eigenvalue weighted by molar-refractivity contribution is -0.274. The molecule has 10 heteroatoms. The number of hydrogen-bond donors (Lipinski definition) is 2.